The maximum Gasteiger partial charge on any atom is 0.258 e. The molecule has 0 radical (unpaired) electrons. The third kappa shape index (κ3) is 2.49. The van der Waals surface area contributed by atoms with Crippen LogP contribution in [0.3, 0.4) is 0 Å². The van der Waals surface area contributed by atoms with Gasteiger partial charge < -0.3 is 5.32 Å². The van der Waals surface area contributed by atoms with Crippen molar-refractivity contribution in [1.82, 2.24) is 9.78 Å². The van der Waals surface area contributed by atoms with Crippen LogP contribution in [0.25, 0.3) is 0 Å². The molecule has 82 valence electrons. The van der Waals surface area contributed by atoms with Crippen LogP contribution in [0.1, 0.15) is 10.4 Å². The number of rotatable bonds is 2. The van der Waals surface area contributed by atoms with Crippen molar-refractivity contribution in [3.8, 4) is 0 Å². The topological polar surface area (TPSA) is 46.9 Å². The summed E-state index contributed by atoms with van der Waals surface area (Å²) in [5.74, 6) is -0.157. The van der Waals surface area contributed by atoms with E-state index in [1.807, 2.05) is 24.3 Å². The SMILES string of the molecule is Cn1cc(C(=O)Nc2ccc(Br)cc2)cn1. The van der Waals surface area contributed by atoms with Gasteiger partial charge in [-0.1, -0.05) is 15.9 Å². The molecule has 0 saturated carbocycles. The smallest absolute Gasteiger partial charge is 0.258 e. The van der Waals surface area contributed by atoms with Gasteiger partial charge in [0.2, 0.25) is 0 Å². The van der Waals surface area contributed by atoms with Crippen molar-refractivity contribution in [3.63, 3.8) is 0 Å². The zero-order chi connectivity index (χ0) is 11.5. The van der Waals surface area contributed by atoms with Crippen molar-refractivity contribution in [2.75, 3.05) is 5.32 Å². The quantitative estimate of drug-likeness (QED) is 0.918. The summed E-state index contributed by atoms with van der Waals surface area (Å²) < 4.78 is 2.57. The Hall–Kier alpha value is -1.62. The summed E-state index contributed by atoms with van der Waals surface area (Å²) in [6.45, 7) is 0. The van der Waals surface area contributed by atoms with Crippen molar-refractivity contribution < 1.29 is 4.79 Å². The highest BCUT2D eigenvalue weighted by atomic mass is 79.9. The van der Waals surface area contributed by atoms with Gasteiger partial charge in [0.05, 0.1) is 11.8 Å². The Morgan fingerprint density at radius 2 is 2.06 bits per heavy atom. The lowest BCUT2D eigenvalue weighted by atomic mass is 10.3. The minimum absolute atomic E-state index is 0.157. The van der Waals surface area contributed by atoms with Gasteiger partial charge in [0.25, 0.3) is 5.91 Å². The fraction of sp³-hybridized carbons (Fsp3) is 0.0909. The molecule has 0 fully saturated rings. The molecule has 1 aromatic heterocycles. The number of carbonyl (C=O) groups excluding carboxylic acids is 1. The van der Waals surface area contributed by atoms with Gasteiger partial charge in [-0.05, 0) is 24.3 Å². The number of benzene rings is 1. The maximum absolute atomic E-state index is 11.7. The van der Waals surface area contributed by atoms with Crippen LogP contribution in [0, 0.1) is 0 Å². The molecule has 16 heavy (non-hydrogen) atoms. The summed E-state index contributed by atoms with van der Waals surface area (Å²) in [6, 6.07) is 7.41. The van der Waals surface area contributed by atoms with Crippen LogP contribution >= 0.6 is 15.9 Å². The average molecular weight is 280 g/mol. The van der Waals surface area contributed by atoms with E-state index in [-0.39, 0.29) is 5.91 Å². The molecule has 0 spiro atoms. The Labute approximate surface area is 101 Å². The van der Waals surface area contributed by atoms with E-state index in [4.69, 9.17) is 0 Å². The Morgan fingerprint density at radius 3 is 2.62 bits per heavy atom. The highest BCUT2D eigenvalue weighted by molar-refractivity contribution is 9.10. The minimum Gasteiger partial charge on any atom is -0.322 e. The lowest BCUT2D eigenvalue weighted by Crippen LogP contribution is -2.10. The molecule has 0 saturated heterocycles. The predicted molar refractivity (Wildman–Crippen MR) is 65.3 cm³/mol. The van der Waals surface area contributed by atoms with Gasteiger partial charge in [-0.3, -0.25) is 9.48 Å². The first-order valence-corrected chi connectivity index (χ1v) is 5.50. The van der Waals surface area contributed by atoms with E-state index in [1.165, 1.54) is 6.20 Å². The Bertz CT molecular complexity index is 504. The van der Waals surface area contributed by atoms with Gasteiger partial charge in [0.1, 0.15) is 0 Å². The summed E-state index contributed by atoms with van der Waals surface area (Å²) in [5, 5.41) is 6.73. The largest absolute Gasteiger partial charge is 0.322 e. The number of hydrogen-bond donors (Lipinski definition) is 1. The van der Waals surface area contributed by atoms with Crippen molar-refractivity contribution in [2.24, 2.45) is 7.05 Å². The van der Waals surface area contributed by atoms with E-state index in [9.17, 15) is 4.79 Å². The molecule has 5 heteroatoms. The maximum atomic E-state index is 11.7. The molecule has 0 aliphatic rings. The van der Waals surface area contributed by atoms with E-state index in [0.29, 0.717) is 5.56 Å². The molecule has 1 N–H and O–H groups in total. The van der Waals surface area contributed by atoms with Crippen LogP contribution < -0.4 is 5.32 Å². The molecular weight excluding hydrogens is 270 g/mol. The second-order valence-corrected chi connectivity index (χ2v) is 4.28. The summed E-state index contributed by atoms with van der Waals surface area (Å²) in [5.41, 5.74) is 1.31. The normalized spacial score (nSPS) is 10.1. The van der Waals surface area contributed by atoms with Gasteiger partial charge in [-0.25, -0.2) is 0 Å². The van der Waals surface area contributed by atoms with Crippen LogP contribution in [-0.2, 0) is 7.05 Å². The number of aromatic nitrogens is 2. The third-order valence-corrected chi connectivity index (χ3v) is 2.60. The molecule has 4 nitrogen and oxygen atoms in total. The first kappa shape index (κ1) is 10.9. The van der Waals surface area contributed by atoms with E-state index >= 15 is 0 Å². The number of carbonyl (C=O) groups is 1. The average Bonchev–Trinajstić information content (AvgIpc) is 2.68. The second-order valence-electron chi connectivity index (χ2n) is 3.36. The van der Waals surface area contributed by atoms with Crippen LogP contribution in [0.2, 0.25) is 0 Å². The number of hydrogen-bond acceptors (Lipinski definition) is 2. The zero-order valence-electron chi connectivity index (χ0n) is 8.64. The van der Waals surface area contributed by atoms with E-state index in [1.54, 1.807) is 17.9 Å². The van der Waals surface area contributed by atoms with Gasteiger partial charge in [0.15, 0.2) is 0 Å². The highest BCUT2D eigenvalue weighted by Crippen LogP contribution is 2.14. The van der Waals surface area contributed by atoms with Crippen LogP contribution in [0.15, 0.2) is 41.1 Å². The number of nitrogens with zero attached hydrogens (tertiary/aromatic N) is 2. The van der Waals surface area contributed by atoms with Gasteiger partial charge in [-0.2, -0.15) is 5.10 Å². The van der Waals surface area contributed by atoms with Gasteiger partial charge in [0, 0.05) is 23.4 Å². The number of nitrogens with one attached hydrogen (secondary N) is 1. The van der Waals surface area contributed by atoms with E-state index < -0.39 is 0 Å². The number of halogens is 1. The predicted octanol–water partition coefficient (Wildman–Crippen LogP) is 2.43. The number of amides is 1. The molecule has 1 aromatic carbocycles. The summed E-state index contributed by atoms with van der Waals surface area (Å²) in [6.07, 6.45) is 3.21. The Morgan fingerprint density at radius 1 is 1.38 bits per heavy atom. The minimum atomic E-state index is -0.157. The monoisotopic (exact) mass is 279 g/mol. The van der Waals surface area contributed by atoms with Crippen molar-refractivity contribution in [2.45, 2.75) is 0 Å². The molecule has 0 atom stereocenters. The molecule has 0 bridgehead atoms. The molecule has 2 rings (SSSR count). The van der Waals surface area contributed by atoms with Crippen LogP contribution in [0.5, 0.6) is 0 Å². The van der Waals surface area contributed by atoms with Crippen LogP contribution in [0.4, 0.5) is 5.69 Å². The first-order valence-electron chi connectivity index (χ1n) is 4.71. The molecule has 1 heterocycles. The Balaban J connectivity index is 2.10. The fourth-order valence-corrected chi connectivity index (χ4v) is 1.54. The molecule has 0 aliphatic carbocycles. The standard InChI is InChI=1S/C11H10BrN3O/c1-15-7-8(6-13-15)11(16)14-10-4-2-9(12)3-5-10/h2-7H,1H3,(H,14,16). The fourth-order valence-electron chi connectivity index (χ4n) is 1.27. The molecule has 0 unspecified atom stereocenters. The number of anilines is 1. The molecule has 1 amide bonds. The lowest BCUT2D eigenvalue weighted by Gasteiger charge is -2.02. The lowest BCUT2D eigenvalue weighted by molar-refractivity contribution is 0.102. The summed E-state index contributed by atoms with van der Waals surface area (Å²) in [7, 11) is 1.77. The molecule has 0 aliphatic heterocycles. The first-order chi connectivity index (χ1) is 7.65. The number of aryl methyl sites for hydroxylation is 1. The van der Waals surface area contributed by atoms with E-state index in [2.05, 4.69) is 26.3 Å². The van der Waals surface area contributed by atoms with Crippen LogP contribution in [-0.4, -0.2) is 15.7 Å². The Kier molecular flexibility index (Phi) is 3.05. The molecular formula is C11H10BrN3O. The van der Waals surface area contributed by atoms with Crippen molar-refractivity contribution in [3.05, 3.63) is 46.7 Å². The molecule has 2 aromatic rings. The zero-order valence-corrected chi connectivity index (χ0v) is 10.2. The van der Waals surface area contributed by atoms with Gasteiger partial charge in [-0.15, -0.1) is 0 Å². The van der Waals surface area contributed by atoms with Gasteiger partial charge >= 0.3 is 0 Å². The summed E-state index contributed by atoms with van der Waals surface area (Å²) in [4.78, 5) is 11.7. The highest BCUT2D eigenvalue weighted by Gasteiger charge is 2.07. The van der Waals surface area contributed by atoms with E-state index in [0.717, 1.165) is 10.2 Å². The van der Waals surface area contributed by atoms with Crippen molar-refractivity contribution in [1.29, 1.82) is 0 Å². The third-order valence-electron chi connectivity index (χ3n) is 2.07. The summed E-state index contributed by atoms with van der Waals surface area (Å²) >= 11 is 3.33. The second kappa shape index (κ2) is 4.49. The van der Waals surface area contributed by atoms with Crippen molar-refractivity contribution >= 4 is 27.5 Å².